The van der Waals surface area contributed by atoms with E-state index in [4.69, 9.17) is 5.11 Å². The Kier molecular flexibility index (Phi) is 5.60. The van der Waals surface area contributed by atoms with E-state index in [0.717, 1.165) is 0 Å². The van der Waals surface area contributed by atoms with Crippen LogP contribution < -0.4 is 0 Å². The van der Waals surface area contributed by atoms with Gasteiger partial charge in [-0.15, -0.1) is 6.58 Å². The maximum atomic E-state index is 12.6. The van der Waals surface area contributed by atoms with Crippen molar-refractivity contribution in [1.29, 1.82) is 0 Å². The minimum absolute atomic E-state index is 0.290. The van der Waals surface area contributed by atoms with E-state index in [9.17, 15) is 9.59 Å². The molecule has 0 bridgehead atoms. The lowest BCUT2D eigenvalue weighted by atomic mass is 10.0. The predicted molar refractivity (Wildman–Crippen MR) is 76.1 cm³/mol. The van der Waals surface area contributed by atoms with Gasteiger partial charge >= 0.3 is 12.0 Å². The van der Waals surface area contributed by atoms with Crippen LogP contribution in [0.3, 0.4) is 0 Å². The van der Waals surface area contributed by atoms with Crippen molar-refractivity contribution < 1.29 is 14.7 Å². The zero-order valence-electron chi connectivity index (χ0n) is 12.9. The number of carboxylic acid groups (broad SMARTS) is 1. The van der Waals surface area contributed by atoms with Crippen molar-refractivity contribution in [2.75, 3.05) is 13.1 Å². The molecule has 110 valence electrons. The average molecular weight is 270 g/mol. The van der Waals surface area contributed by atoms with Gasteiger partial charge in [-0.2, -0.15) is 0 Å². The van der Waals surface area contributed by atoms with E-state index < -0.39 is 17.0 Å². The molecule has 0 heterocycles. The van der Waals surface area contributed by atoms with Gasteiger partial charge in [0.05, 0.1) is 0 Å². The molecule has 2 amide bonds. The van der Waals surface area contributed by atoms with E-state index in [0.29, 0.717) is 6.54 Å². The minimum atomic E-state index is -1.02. The molecule has 0 saturated carbocycles. The van der Waals surface area contributed by atoms with E-state index in [1.165, 1.54) is 4.90 Å². The largest absolute Gasteiger partial charge is 0.480 e. The molecular formula is C14H26N2O3. The average Bonchev–Trinajstić information content (AvgIpc) is 2.18. The summed E-state index contributed by atoms with van der Waals surface area (Å²) in [6.07, 6.45) is 1.64. The van der Waals surface area contributed by atoms with Crippen LogP contribution >= 0.6 is 0 Å². The van der Waals surface area contributed by atoms with E-state index in [-0.39, 0.29) is 12.6 Å². The lowest BCUT2D eigenvalue weighted by Crippen LogP contribution is -2.58. The van der Waals surface area contributed by atoms with Gasteiger partial charge in [-0.1, -0.05) is 6.08 Å². The number of carboxylic acids is 1. The van der Waals surface area contributed by atoms with Gasteiger partial charge in [-0.25, -0.2) is 4.79 Å². The van der Waals surface area contributed by atoms with E-state index in [1.54, 1.807) is 11.0 Å². The predicted octanol–water partition coefficient (Wildman–Crippen LogP) is 2.58. The van der Waals surface area contributed by atoms with Crippen molar-refractivity contribution in [3.8, 4) is 0 Å². The minimum Gasteiger partial charge on any atom is -0.480 e. The number of hydrogen-bond acceptors (Lipinski definition) is 2. The number of urea groups is 1. The lowest BCUT2D eigenvalue weighted by molar-refractivity contribution is -0.139. The van der Waals surface area contributed by atoms with Crippen LogP contribution in [0, 0.1) is 0 Å². The van der Waals surface area contributed by atoms with Crippen LogP contribution in [0.25, 0.3) is 0 Å². The van der Waals surface area contributed by atoms with Crippen LogP contribution in [0.1, 0.15) is 41.5 Å². The lowest BCUT2D eigenvalue weighted by Gasteiger charge is -2.43. The molecular weight excluding hydrogens is 244 g/mol. The van der Waals surface area contributed by atoms with Crippen molar-refractivity contribution in [2.24, 2.45) is 0 Å². The van der Waals surface area contributed by atoms with E-state index in [1.807, 2.05) is 41.5 Å². The number of aliphatic carboxylic acids is 1. The number of hydrogen-bond donors (Lipinski definition) is 1. The van der Waals surface area contributed by atoms with Crippen molar-refractivity contribution >= 4 is 12.0 Å². The number of nitrogens with zero attached hydrogens (tertiary/aromatic N) is 2. The summed E-state index contributed by atoms with van der Waals surface area (Å²) in [6, 6.07) is -0.290. The normalized spacial score (nSPS) is 11.9. The Morgan fingerprint density at radius 1 is 1.05 bits per heavy atom. The summed E-state index contributed by atoms with van der Waals surface area (Å²) in [7, 11) is 0. The Morgan fingerprint density at radius 2 is 1.47 bits per heavy atom. The summed E-state index contributed by atoms with van der Waals surface area (Å²) in [5.41, 5.74) is -0.951. The molecule has 0 rings (SSSR count). The highest BCUT2D eigenvalue weighted by atomic mass is 16.4. The van der Waals surface area contributed by atoms with Crippen molar-refractivity contribution in [2.45, 2.75) is 52.6 Å². The summed E-state index contributed by atoms with van der Waals surface area (Å²) in [5.74, 6) is -1.02. The molecule has 0 spiro atoms. The molecule has 19 heavy (non-hydrogen) atoms. The molecule has 0 fully saturated rings. The van der Waals surface area contributed by atoms with Gasteiger partial charge in [0.15, 0.2) is 0 Å². The summed E-state index contributed by atoms with van der Waals surface area (Å²) < 4.78 is 0. The van der Waals surface area contributed by atoms with Crippen LogP contribution in [-0.2, 0) is 4.79 Å². The van der Waals surface area contributed by atoms with Crippen molar-refractivity contribution in [3.05, 3.63) is 12.7 Å². The first-order valence-corrected chi connectivity index (χ1v) is 6.33. The van der Waals surface area contributed by atoms with Crippen LogP contribution in [0.4, 0.5) is 4.79 Å². The highest BCUT2D eigenvalue weighted by Gasteiger charge is 2.35. The fourth-order valence-electron chi connectivity index (χ4n) is 1.64. The van der Waals surface area contributed by atoms with Gasteiger partial charge in [0.1, 0.15) is 6.54 Å². The first-order chi connectivity index (χ1) is 8.41. The zero-order chi connectivity index (χ0) is 15.4. The fraction of sp³-hybridized carbons (Fsp3) is 0.714. The monoisotopic (exact) mass is 270 g/mol. The summed E-state index contributed by atoms with van der Waals surface area (Å²) in [4.78, 5) is 26.5. The first-order valence-electron chi connectivity index (χ1n) is 6.33. The Morgan fingerprint density at radius 3 is 1.74 bits per heavy atom. The highest BCUT2D eigenvalue weighted by molar-refractivity contribution is 5.81. The Balaban J connectivity index is 5.36. The molecule has 0 unspecified atom stereocenters. The Hall–Kier alpha value is -1.52. The third-order valence-corrected chi connectivity index (χ3v) is 2.69. The van der Waals surface area contributed by atoms with Gasteiger partial charge in [0, 0.05) is 17.6 Å². The topological polar surface area (TPSA) is 60.9 Å². The molecule has 0 saturated heterocycles. The van der Waals surface area contributed by atoms with Crippen molar-refractivity contribution in [1.82, 2.24) is 9.80 Å². The molecule has 0 aliphatic rings. The molecule has 5 heteroatoms. The summed E-state index contributed by atoms with van der Waals surface area (Å²) in [5, 5.41) is 8.98. The number of carbonyl (C=O) groups excluding carboxylic acids is 1. The first kappa shape index (κ1) is 17.5. The molecule has 0 atom stereocenters. The van der Waals surface area contributed by atoms with Crippen molar-refractivity contribution in [3.63, 3.8) is 0 Å². The maximum Gasteiger partial charge on any atom is 0.323 e. The summed E-state index contributed by atoms with van der Waals surface area (Å²) >= 11 is 0. The number of carbonyl (C=O) groups is 2. The third-order valence-electron chi connectivity index (χ3n) is 2.69. The zero-order valence-corrected chi connectivity index (χ0v) is 12.9. The second-order valence-electron chi connectivity index (χ2n) is 6.50. The van der Waals surface area contributed by atoms with Crippen LogP contribution in [0.15, 0.2) is 12.7 Å². The van der Waals surface area contributed by atoms with Crippen LogP contribution in [0.2, 0.25) is 0 Å². The number of amides is 2. The van der Waals surface area contributed by atoms with Crippen LogP contribution in [0.5, 0.6) is 0 Å². The Labute approximate surface area is 115 Å². The molecule has 1 N–H and O–H groups in total. The highest BCUT2D eigenvalue weighted by Crippen LogP contribution is 2.21. The van der Waals surface area contributed by atoms with Gasteiger partial charge in [-0.3, -0.25) is 4.79 Å². The van der Waals surface area contributed by atoms with Gasteiger partial charge < -0.3 is 14.9 Å². The van der Waals surface area contributed by atoms with Gasteiger partial charge in [0.25, 0.3) is 0 Å². The van der Waals surface area contributed by atoms with E-state index in [2.05, 4.69) is 6.58 Å². The second-order valence-corrected chi connectivity index (χ2v) is 6.50. The molecule has 0 aromatic heterocycles. The maximum absolute atomic E-state index is 12.6. The molecule has 0 aliphatic heterocycles. The fourth-order valence-corrected chi connectivity index (χ4v) is 1.64. The molecule has 0 aromatic rings. The molecule has 0 aliphatic carbocycles. The molecule has 0 aromatic carbocycles. The van der Waals surface area contributed by atoms with Gasteiger partial charge in [-0.05, 0) is 41.5 Å². The third kappa shape index (κ3) is 5.32. The van der Waals surface area contributed by atoms with E-state index >= 15 is 0 Å². The van der Waals surface area contributed by atoms with Crippen LogP contribution in [-0.4, -0.2) is 51.1 Å². The second kappa shape index (κ2) is 6.08. The Bertz CT molecular complexity index is 351. The SMILES string of the molecule is C=CCN(C(=O)N(CC(=O)O)C(C)(C)C)C(C)(C)C. The molecule has 0 radical (unpaired) electrons. The standard InChI is InChI=1S/C14H26N2O3/c1-8-9-15(13(2,3)4)12(19)16(10-11(17)18)14(5,6)7/h8H,1,9-10H2,2-7H3,(H,17,18). The smallest absolute Gasteiger partial charge is 0.323 e. The quantitative estimate of drug-likeness (QED) is 0.799. The number of rotatable bonds is 4. The molecule has 5 nitrogen and oxygen atoms in total. The van der Waals surface area contributed by atoms with Gasteiger partial charge in [0.2, 0.25) is 0 Å². The summed E-state index contributed by atoms with van der Waals surface area (Å²) in [6.45, 7) is 14.9.